The van der Waals surface area contributed by atoms with Gasteiger partial charge in [0.25, 0.3) is 0 Å². The number of carbonyl (C=O) groups is 2. The van der Waals surface area contributed by atoms with Crippen LogP contribution in [0.25, 0.3) is 0 Å². The van der Waals surface area contributed by atoms with Crippen molar-refractivity contribution in [3.8, 4) is 0 Å². The van der Waals surface area contributed by atoms with E-state index < -0.39 is 18.1 Å². The zero-order valence-electron chi connectivity index (χ0n) is 9.88. The minimum Gasteiger partial charge on any atom is -0.479 e. The molecule has 1 aromatic heterocycles. The first-order valence-electron chi connectivity index (χ1n) is 5.36. The van der Waals surface area contributed by atoms with Crippen LogP contribution in [0.15, 0.2) is 18.5 Å². The van der Waals surface area contributed by atoms with Gasteiger partial charge in [0.1, 0.15) is 0 Å². The average molecular weight is 253 g/mol. The number of urea groups is 1. The van der Waals surface area contributed by atoms with Crippen LogP contribution >= 0.6 is 0 Å². The standard InChI is InChI=1S/C11H15N3O4/c1-7-4-8(6-12-5-7)14-11(18)13-3-2-9(15)10(16)17/h4-6,9,15H,2-3H2,1H3,(H,16,17)(H2,13,14,18)/t9-/m0/s1. The van der Waals surface area contributed by atoms with Crippen molar-refractivity contribution in [1.82, 2.24) is 10.3 Å². The van der Waals surface area contributed by atoms with Crippen LogP contribution in [0.2, 0.25) is 0 Å². The number of pyridine rings is 1. The third-order valence-corrected chi connectivity index (χ3v) is 2.12. The van der Waals surface area contributed by atoms with Crippen LogP contribution < -0.4 is 10.6 Å². The Labute approximate surface area is 104 Å². The molecule has 0 bridgehead atoms. The van der Waals surface area contributed by atoms with E-state index in [9.17, 15) is 9.59 Å². The number of hydrogen-bond acceptors (Lipinski definition) is 4. The highest BCUT2D eigenvalue weighted by Crippen LogP contribution is 2.06. The zero-order valence-corrected chi connectivity index (χ0v) is 9.88. The third kappa shape index (κ3) is 4.79. The van der Waals surface area contributed by atoms with Crippen molar-refractivity contribution in [2.45, 2.75) is 19.4 Å². The van der Waals surface area contributed by atoms with Crippen LogP contribution in [-0.4, -0.2) is 39.8 Å². The number of aryl methyl sites for hydroxylation is 1. The number of nitrogens with zero attached hydrogens (tertiary/aromatic N) is 1. The van der Waals surface area contributed by atoms with Gasteiger partial charge >= 0.3 is 12.0 Å². The number of hydrogen-bond donors (Lipinski definition) is 4. The number of rotatable bonds is 5. The van der Waals surface area contributed by atoms with Crippen LogP contribution in [0.5, 0.6) is 0 Å². The summed E-state index contributed by atoms with van der Waals surface area (Å²) < 4.78 is 0. The summed E-state index contributed by atoms with van der Waals surface area (Å²) in [6.07, 6.45) is 1.64. The van der Waals surface area contributed by atoms with E-state index in [2.05, 4.69) is 15.6 Å². The number of anilines is 1. The Morgan fingerprint density at radius 3 is 2.78 bits per heavy atom. The van der Waals surface area contributed by atoms with Crippen LogP contribution in [0, 0.1) is 6.92 Å². The van der Waals surface area contributed by atoms with Gasteiger partial charge in [-0.1, -0.05) is 0 Å². The fourth-order valence-electron chi connectivity index (χ4n) is 1.24. The lowest BCUT2D eigenvalue weighted by Crippen LogP contribution is -2.33. The number of carboxylic acid groups (broad SMARTS) is 1. The van der Waals surface area contributed by atoms with Gasteiger partial charge in [-0.25, -0.2) is 9.59 Å². The summed E-state index contributed by atoms with van der Waals surface area (Å²) in [5.41, 5.74) is 1.46. The van der Waals surface area contributed by atoms with Crippen molar-refractivity contribution in [3.05, 3.63) is 24.0 Å². The molecular weight excluding hydrogens is 238 g/mol. The highest BCUT2D eigenvalue weighted by molar-refractivity contribution is 5.89. The zero-order chi connectivity index (χ0) is 13.5. The maximum atomic E-state index is 11.4. The summed E-state index contributed by atoms with van der Waals surface area (Å²) in [6, 6.07) is 1.28. The Hall–Kier alpha value is -2.15. The van der Waals surface area contributed by atoms with Gasteiger partial charge in [-0.15, -0.1) is 0 Å². The Morgan fingerprint density at radius 2 is 2.17 bits per heavy atom. The van der Waals surface area contributed by atoms with Crippen molar-refractivity contribution >= 4 is 17.7 Å². The molecule has 7 heteroatoms. The first-order chi connectivity index (χ1) is 8.49. The van der Waals surface area contributed by atoms with Gasteiger partial charge in [0.15, 0.2) is 6.10 Å². The molecule has 18 heavy (non-hydrogen) atoms. The number of amides is 2. The SMILES string of the molecule is Cc1cncc(NC(=O)NCC[C@H](O)C(=O)O)c1. The van der Waals surface area contributed by atoms with E-state index >= 15 is 0 Å². The third-order valence-electron chi connectivity index (χ3n) is 2.12. The van der Waals surface area contributed by atoms with Gasteiger partial charge in [-0.05, 0) is 18.6 Å². The second-order valence-electron chi connectivity index (χ2n) is 3.77. The van der Waals surface area contributed by atoms with Gasteiger partial charge in [0.05, 0.1) is 11.9 Å². The Balaban J connectivity index is 2.32. The number of nitrogens with one attached hydrogen (secondary N) is 2. The first-order valence-corrected chi connectivity index (χ1v) is 5.36. The molecule has 1 rings (SSSR count). The molecule has 0 saturated carbocycles. The minimum absolute atomic E-state index is 0.0468. The minimum atomic E-state index is -1.47. The van der Waals surface area contributed by atoms with Crippen LogP contribution in [0.1, 0.15) is 12.0 Å². The molecule has 1 aromatic rings. The average Bonchev–Trinajstić information content (AvgIpc) is 2.28. The second kappa shape index (κ2) is 6.55. The molecule has 1 atom stereocenters. The van der Waals surface area contributed by atoms with Crippen molar-refractivity contribution in [3.63, 3.8) is 0 Å². The highest BCUT2D eigenvalue weighted by atomic mass is 16.4. The molecule has 0 aliphatic rings. The molecular formula is C11H15N3O4. The lowest BCUT2D eigenvalue weighted by atomic mass is 10.2. The number of carboxylic acids is 1. The van der Waals surface area contributed by atoms with Gasteiger partial charge in [0, 0.05) is 19.2 Å². The summed E-state index contributed by atoms with van der Waals surface area (Å²) >= 11 is 0. The number of aliphatic hydroxyl groups is 1. The Morgan fingerprint density at radius 1 is 1.44 bits per heavy atom. The summed E-state index contributed by atoms with van der Waals surface area (Å²) in [6.45, 7) is 1.91. The maximum Gasteiger partial charge on any atom is 0.332 e. The molecule has 0 saturated heterocycles. The molecule has 98 valence electrons. The fourth-order valence-corrected chi connectivity index (χ4v) is 1.24. The Kier molecular flexibility index (Phi) is 5.06. The highest BCUT2D eigenvalue weighted by Gasteiger charge is 2.12. The molecule has 0 spiro atoms. The van der Waals surface area contributed by atoms with Crippen LogP contribution in [-0.2, 0) is 4.79 Å². The van der Waals surface area contributed by atoms with E-state index in [1.54, 1.807) is 12.3 Å². The molecule has 0 aromatic carbocycles. The number of aliphatic carboxylic acids is 1. The van der Waals surface area contributed by atoms with Crippen molar-refractivity contribution in [1.29, 1.82) is 0 Å². The van der Waals surface area contributed by atoms with Gasteiger partial charge in [0.2, 0.25) is 0 Å². The molecule has 2 amide bonds. The van der Waals surface area contributed by atoms with E-state index in [1.807, 2.05) is 6.92 Å². The molecule has 1 heterocycles. The summed E-state index contributed by atoms with van der Waals surface area (Å²) in [4.78, 5) is 25.6. The maximum absolute atomic E-state index is 11.4. The first kappa shape index (κ1) is 13.9. The molecule has 7 nitrogen and oxygen atoms in total. The molecule has 0 fully saturated rings. The van der Waals surface area contributed by atoms with E-state index in [-0.39, 0.29) is 13.0 Å². The van der Waals surface area contributed by atoms with Crippen molar-refractivity contribution in [2.24, 2.45) is 0 Å². The Bertz CT molecular complexity index is 436. The van der Waals surface area contributed by atoms with Gasteiger partial charge < -0.3 is 20.8 Å². The lowest BCUT2D eigenvalue weighted by molar-refractivity contribution is -0.146. The topological polar surface area (TPSA) is 112 Å². The monoisotopic (exact) mass is 253 g/mol. The summed E-state index contributed by atoms with van der Waals surface area (Å²) in [5, 5.41) is 22.4. The predicted molar refractivity (Wildman–Crippen MR) is 64.3 cm³/mol. The molecule has 0 unspecified atom stereocenters. The summed E-state index contributed by atoms with van der Waals surface area (Å²) in [7, 11) is 0. The summed E-state index contributed by atoms with van der Waals surface area (Å²) in [5.74, 6) is -1.31. The van der Waals surface area contributed by atoms with Crippen LogP contribution in [0.3, 0.4) is 0 Å². The van der Waals surface area contributed by atoms with Crippen molar-refractivity contribution < 1.29 is 19.8 Å². The number of aromatic nitrogens is 1. The van der Waals surface area contributed by atoms with Crippen molar-refractivity contribution in [2.75, 3.05) is 11.9 Å². The molecule has 0 aliphatic carbocycles. The number of carbonyl (C=O) groups excluding carboxylic acids is 1. The number of aliphatic hydroxyl groups excluding tert-OH is 1. The predicted octanol–water partition coefficient (Wildman–Crippen LogP) is 0.347. The van der Waals surface area contributed by atoms with Crippen LogP contribution in [0.4, 0.5) is 10.5 Å². The lowest BCUT2D eigenvalue weighted by Gasteiger charge is -2.09. The fraction of sp³-hybridized carbons (Fsp3) is 0.364. The molecule has 4 N–H and O–H groups in total. The quantitative estimate of drug-likeness (QED) is 0.605. The second-order valence-corrected chi connectivity index (χ2v) is 3.77. The van der Waals surface area contributed by atoms with E-state index in [0.29, 0.717) is 5.69 Å². The van der Waals surface area contributed by atoms with E-state index in [1.165, 1.54) is 6.20 Å². The van der Waals surface area contributed by atoms with E-state index in [4.69, 9.17) is 10.2 Å². The normalized spacial score (nSPS) is 11.7. The smallest absolute Gasteiger partial charge is 0.332 e. The van der Waals surface area contributed by atoms with Gasteiger partial charge in [-0.2, -0.15) is 0 Å². The van der Waals surface area contributed by atoms with Gasteiger partial charge in [-0.3, -0.25) is 4.98 Å². The largest absolute Gasteiger partial charge is 0.479 e. The molecule has 0 aliphatic heterocycles. The molecule has 0 radical (unpaired) electrons. The van der Waals surface area contributed by atoms with E-state index in [0.717, 1.165) is 5.56 Å².